The smallest absolute Gasteiger partial charge is 0.237 e. The fourth-order valence-electron chi connectivity index (χ4n) is 0.718. The van der Waals surface area contributed by atoms with Crippen molar-refractivity contribution in [3.05, 3.63) is 0 Å². The molecule has 0 saturated heterocycles. The Hall–Kier alpha value is -0.420. The summed E-state index contributed by atoms with van der Waals surface area (Å²) >= 11 is 0. The minimum Gasteiger partial charge on any atom is -0.355 e. The Balaban J connectivity index is 4.13. The standard InChI is InChI=1S/C9H20N2O2S/c1-6-10-8(12)7(2)11-14(13)9(3,4)5/h7,11H,6H2,1-5H3,(H,10,12). The first kappa shape index (κ1) is 13.6. The van der Waals surface area contributed by atoms with Crippen molar-refractivity contribution in [2.75, 3.05) is 6.54 Å². The molecule has 0 fully saturated rings. The maximum Gasteiger partial charge on any atom is 0.237 e. The fourth-order valence-corrected chi connectivity index (χ4v) is 1.50. The van der Waals surface area contributed by atoms with E-state index in [0.717, 1.165) is 0 Å². The van der Waals surface area contributed by atoms with Gasteiger partial charge >= 0.3 is 0 Å². The summed E-state index contributed by atoms with van der Waals surface area (Å²) in [5.74, 6) is -0.120. The first-order valence-electron chi connectivity index (χ1n) is 4.74. The van der Waals surface area contributed by atoms with Gasteiger partial charge in [0.05, 0.1) is 21.8 Å². The summed E-state index contributed by atoms with van der Waals surface area (Å²) < 4.78 is 14.0. The molecular formula is C9H20N2O2S. The highest BCUT2D eigenvalue weighted by Gasteiger charge is 2.23. The zero-order valence-electron chi connectivity index (χ0n) is 9.51. The van der Waals surface area contributed by atoms with Gasteiger partial charge < -0.3 is 5.32 Å². The number of likely N-dealkylation sites (N-methyl/N-ethyl adjacent to an activating group) is 1. The second kappa shape index (κ2) is 5.46. The van der Waals surface area contributed by atoms with Crippen LogP contribution in [0.5, 0.6) is 0 Å². The lowest BCUT2D eigenvalue weighted by Gasteiger charge is -2.21. The second-order valence-corrected chi connectivity index (χ2v) is 6.11. The molecule has 0 radical (unpaired) electrons. The Labute approximate surface area is 88.4 Å². The van der Waals surface area contributed by atoms with Crippen molar-refractivity contribution >= 4 is 16.9 Å². The lowest BCUT2D eigenvalue weighted by atomic mass is 10.3. The van der Waals surface area contributed by atoms with Gasteiger partial charge in [-0.15, -0.1) is 0 Å². The Morgan fingerprint density at radius 2 is 1.93 bits per heavy atom. The first-order chi connectivity index (χ1) is 6.29. The number of carbonyl (C=O) groups excluding carboxylic acids is 1. The van der Waals surface area contributed by atoms with E-state index in [2.05, 4.69) is 10.0 Å². The van der Waals surface area contributed by atoms with Gasteiger partial charge in [-0.25, -0.2) is 8.93 Å². The minimum atomic E-state index is -1.20. The van der Waals surface area contributed by atoms with Crippen molar-refractivity contribution in [1.29, 1.82) is 0 Å². The number of hydrogen-bond acceptors (Lipinski definition) is 2. The third-order valence-electron chi connectivity index (χ3n) is 1.58. The normalized spacial score (nSPS) is 16.1. The molecular weight excluding hydrogens is 200 g/mol. The van der Waals surface area contributed by atoms with Gasteiger partial charge in [0.15, 0.2) is 0 Å². The van der Waals surface area contributed by atoms with Crippen molar-refractivity contribution in [2.45, 2.75) is 45.4 Å². The Bertz CT molecular complexity index is 223. The van der Waals surface area contributed by atoms with Crippen molar-refractivity contribution in [3.63, 3.8) is 0 Å². The number of rotatable bonds is 4. The minimum absolute atomic E-state index is 0.120. The van der Waals surface area contributed by atoms with Crippen LogP contribution in [0.4, 0.5) is 0 Å². The van der Waals surface area contributed by atoms with Crippen LogP contribution < -0.4 is 10.0 Å². The van der Waals surface area contributed by atoms with Gasteiger partial charge in [0.2, 0.25) is 5.91 Å². The third-order valence-corrected chi connectivity index (χ3v) is 3.26. The molecule has 1 amide bonds. The van der Waals surface area contributed by atoms with Gasteiger partial charge in [-0.05, 0) is 34.6 Å². The predicted octanol–water partition coefficient (Wildman–Crippen LogP) is 0.563. The van der Waals surface area contributed by atoms with Crippen LogP contribution in [-0.2, 0) is 15.8 Å². The highest BCUT2D eigenvalue weighted by Crippen LogP contribution is 2.09. The lowest BCUT2D eigenvalue weighted by molar-refractivity contribution is -0.122. The fraction of sp³-hybridized carbons (Fsp3) is 0.889. The van der Waals surface area contributed by atoms with E-state index in [1.807, 2.05) is 27.7 Å². The molecule has 0 aromatic carbocycles. The Morgan fingerprint density at radius 3 is 2.29 bits per heavy atom. The summed E-state index contributed by atoms with van der Waals surface area (Å²) in [5.41, 5.74) is 0. The van der Waals surface area contributed by atoms with E-state index in [1.54, 1.807) is 6.92 Å². The molecule has 0 bridgehead atoms. The molecule has 0 heterocycles. The molecule has 0 aromatic rings. The summed E-state index contributed by atoms with van der Waals surface area (Å²) in [7, 11) is -1.20. The number of carbonyl (C=O) groups is 1. The summed E-state index contributed by atoms with van der Waals surface area (Å²) in [5, 5.41) is 2.67. The van der Waals surface area contributed by atoms with Crippen LogP contribution in [-0.4, -0.2) is 27.4 Å². The number of amides is 1. The van der Waals surface area contributed by atoms with Crippen molar-refractivity contribution in [1.82, 2.24) is 10.0 Å². The molecule has 14 heavy (non-hydrogen) atoms. The molecule has 4 nitrogen and oxygen atoms in total. The molecule has 0 aliphatic carbocycles. The maximum atomic E-state index is 11.6. The van der Waals surface area contributed by atoms with Gasteiger partial charge in [-0.3, -0.25) is 4.79 Å². The SMILES string of the molecule is CCNC(=O)C(C)NS(=O)C(C)(C)C. The van der Waals surface area contributed by atoms with Crippen LogP contribution in [0.25, 0.3) is 0 Å². The van der Waals surface area contributed by atoms with E-state index in [-0.39, 0.29) is 10.7 Å². The molecule has 2 unspecified atom stereocenters. The maximum absolute atomic E-state index is 11.6. The zero-order chi connectivity index (χ0) is 11.4. The lowest BCUT2D eigenvalue weighted by Crippen LogP contribution is -2.46. The molecule has 0 aliphatic heterocycles. The number of nitrogens with one attached hydrogen (secondary N) is 2. The van der Waals surface area contributed by atoms with E-state index >= 15 is 0 Å². The van der Waals surface area contributed by atoms with E-state index in [9.17, 15) is 9.00 Å². The van der Waals surface area contributed by atoms with Crippen molar-refractivity contribution < 1.29 is 9.00 Å². The molecule has 2 atom stereocenters. The average molecular weight is 220 g/mol. The molecule has 0 aliphatic rings. The molecule has 0 aromatic heterocycles. The topological polar surface area (TPSA) is 58.2 Å². The molecule has 84 valence electrons. The van der Waals surface area contributed by atoms with Crippen molar-refractivity contribution in [2.24, 2.45) is 0 Å². The van der Waals surface area contributed by atoms with Gasteiger partial charge in [0.1, 0.15) is 0 Å². The van der Waals surface area contributed by atoms with E-state index in [4.69, 9.17) is 0 Å². The molecule has 0 rings (SSSR count). The van der Waals surface area contributed by atoms with E-state index in [0.29, 0.717) is 6.54 Å². The van der Waals surface area contributed by atoms with Crippen LogP contribution in [0.3, 0.4) is 0 Å². The summed E-state index contributed by atoms with van der Waals surface area (Å²) in [6, 6.07) is -0.421. The van der Waals surface area contributed by atoms with Crippen LogP contribution in [0.2, 0.25) is 0 Å². The highest BCUT2D eigenvalue weighted by molar-refractivity contribution is 7.84. The molecule has 0 spiro atoms. The predicted molar refractivity (Wildman–Crippen MR) is 59.2 cm³/mol. The van der Waals surface area contributed by atoms with Gasteiger partial charge in [-0.1, -0.05) is 0 Å². The average Bonchev–Trinajstić information content (AvgIpc) is 2.02. The summed E-state index contributed by atoms with van der Waals surface area (Å²) in [4.78, 5) is 11.3. The van der Waals surface area contributed by atoms with Crippen LogP contribution >= 0.6 is 0 Å². The quantitative estimate of drug-likeness (QED) is 0.727. The molecule has 2 N–H and O–H groups in total. The third kappa shape index (κ3) is 4.72. The first-order valence-corrected chi connectivity index (χ1v) is 5.89. The molecule has 0 saturated carbocycles. The Morgan fingerprint density at radius 1 is 1.43 bits per heavy atom. The van der Waals surface area contributed by atoms with Gasteiger partial charge in [-0.2, -0.15) is 0 Å². The van der Waals surface area contributed by atoms with E-state index < -0.39 is 17.0 Å². The molecule has 5 heteroatoms. The largest absolute Gasteiger partial charge is 0.355 e. The van der Waals surface area contributed by atoms with E-state index in [1.165, 1.54) is 0 Å². The number of hydrogen-bond donors (Lipinski definition) is 2. The van der Waals surface area contributed by atoms with Gasteiger partial charge in [0.25, 0.3) is 0 Å². The van der Waals surface area contributed by atoms with Crippen LogP contribution in [0.15, 0.2) is 0 Å². The van der Waals surface area contributed by atoms with Crippen molar-refractivity contribution in [3.8, 4) is 0 Å². The van der Waals surface area contributed by atoms with Gasteiger partial charge in [0, 0.05) is 6.54 Å². The Kier molecular flexibility index (Phi) is 5.29. The van der Waals surface area contributed by atoms with Crippen LogP contribution in [0.1, 0.15) is 34.6 Å². The monoisotopic (exact) mass is 220 g/mol. The highest BCUT2D eigenvalue weighted by atomic mass is 32.2. The zero-order valence-corrected chi connectivity index (χ0v) is 10.3. The summed E-state index contributed by atoms with van der Waals surface area (Å²) in [6.45, 7) is 9.73. The van der Waals surface area contributed by atoms with Crippen LogP contribution in [0, 0.1) is 0 Å². The second-order valence-electron chi connectivity index (χ2n) is 4.12. The summed E-state index contributed by atoms with van der Waals surface area (Å²) in [6.07, 6.45) is 0.